The van der Waals surface area contributed by atoms with Crippen molar-refractivity contribution in [1.29, 1.82) is 0 Å². The second-order valence-corrected chi connectivity index (χ2v) is 6.06. The highest BCUT2D eigenvalue weighted by Gasteiger charge is 2.24. The predicted octanol–water partition coefficient (Wildman–Crippen LogP) is 3.69. The summed E-state index contributed by atoms with van der Waals surface area (Å²) in [5.74, 6) is 0.990. The number of hydrogen-bond donors (Lipinski definition) is 1. The van der Waals surface area contributed by atoms with E-state index in [0.717, 1.165) is 28.5 Å². The van der Waals surface area contributed by atoms with Crippen LogP contribution in [-0.4, -0.2) is 25.4 Å². The molecule has 3 rings (SSSR count). The van der Waals surface area contributed by atoms with Crippen LogP contribution >= 0.6 is 11.8 Å². The summed E-state index contributed by atoms with van der Waals surface area (Å²) < 4.78 is 10.6. The van der Waals surface area contributed by atoms with Gasteiger partial charge in [0.25, 0.3) is 11.1 Å². The Labute approximate surface area is 143 Å². The van der Waals surface area contributed by atoms with E-state index < -0.39 is 0 Å². The third-order valence-electron chi connectivity index (χ3n) is 3.57. The zero-order chi connectivity index (χ0) is 17.1. The Hall–Kier alpha value is -2.73. The Kier molecular flexibility index (Phi) is 4.57. The lowest BCUT2D eigenvalue weighted by atomic mass is 10.0. The number of benzene rings is 2. The van der Waals surface area contributed by atoms with Gasteiger partial charge in [-0.3, -0.25) is 14.9 Å². The van der Waals surface area contributed by atoms with Crippen molar-refractivity contribution < 1.29 is 19.1 Å². The monoisotopic (exact) mass is 341 g/mol. The molecule has 0 radical (unpaired) electrons. The molecule has 1 N–H and O–H groups in total. The van der Waals surface area contributed by atoms with E-state index in [9.17, 15) is 9.59 Å². The van der Waals surface area contributed by atoms with Gasteiger partial charge in [-0.2, -0.15) is 0 Å². The van der Waals surface area contributed by atoms with Crippen LogP contribution in [0.3, 0.4) is 0 Å². The van der Waals surface area contributed by atoms with Crippen molar-refractivity contribution in [3.63, 3.8) is 0 Å². The average Bonchev–Trinajstić information content (AvgIpc) is 2.92. The first-order valence-electron chi connectivity index (χ1n) is 7.18. The Morgan fingerprint density at radius 3 is 2.17 bits per heavy atom. The Bertz CT molecular complexity index is 827. The first-order chi connectivity index (χ1) is 11.6. The summed E-state index contributed by atoms with van der Waals surface area (Å²) in [7, 11) is 3.20. The molecule has 0 saturated carbocycles. The molecule has 0 spiro atoms. The summed E-state index contributed by atoms with van der Waals surface area (Å²) in [5.41, 5.74) is 2.86. The molecule has 1 saturated heterocycles. The molecule has 6 heteroatoms. The highest BCUT2D eigenvalue weighted by Crippen LogP contribution is 2.32. The number of amides is 2. The van der Waals surface area contributed by atoms with Crippen molar-refractivity contribution in [3.05, 3.63) is 52.9 Å². The fourth-order valence-electron chi connectivity index (χ4n) is 2.36. The van der Waals surface area contributed by atoms with Crippen LogP contribution in [-0.2, 0) is 4.79 Å². The zero-order valence-corrected chi connectivity index (χ0v) is 14.0. The number of hydrogen-bond acceptors (Lipinski definition) is 5. The second kappa shape index (κ2) is 6.80. The summed E-state index contributed by atoms with van der Waals surface area (Å²) in [6, 6.07) is 13.4. The van der Waals surface area contributed by atoms with Crippen LogP contribution in [0, 0.1) is 0 Å². The molecule has 122 valence electrons. The SMILES string of the molecule is COc1ccc(-c2ccc(/C=C3\SC(=O)NC3=O)cc2)cc1OC. The number of carbonyl (C=O) groups excluding carboxylic acids is 2. The zero-order valence-electron chi connectivity index (χ0n) is 13.2. The smallest absolute Gasteiger partial charge is 0.290 e. The number of ether oxygens (including phenoxy) is 2. The van der Waals surface area contributed by atoms with Crippen LogP contribution in [0.2, 0.25) is 0 Å². The molecule has 2 amide bonds. The summed E-state index contributed by atoms with van der Waals surface area (Å²) in [6.45, 7) is 0. The minimum Gasteiger partial charge on any atom is -0.493 e. The van der Waals surface area contributed by atoms with Gasteiger partial charge in [0.1, 0.15) is 0 Å². The predicted molar refractivity (Wildman–Crippen MR) is 94.1 cm³/mol. The van der Waals surface area contributed by atoms with Crippen LogP contribution in [0.4, 0.5) is 4.79 Å². The lowest BCUT2D eigenvalue weighted by molar-refractivity contribution is -0.115. The fraction of sp³-hybridized carbons (Fsp3) is 0.111. The molecule has 5 nitrogen and oxygen atoms in total. The Morgan fingerprint density at radius 1 is 0.917 bits per heavy atom. The topological polar surface area (TPSA) is 64.6 Å². The van der Waals surface area contributed by atoms with E-state index in [-0.39, 0.29) is 11.1 Å². The van der Waals surface area contributed by atoms with Crippen LogP contribution in [0.25, 0.3) is 17.2 Å². The molecule has 0 unspecified atom stereocenters. The lowest BCUT2D eigenvalue weighted by Gasteiger charge is -2.10. The molecule has 0 bridgehead atoms. The molecule has 2 aromatic rings. The molecule has 0 aromatic heterocycles. The molecule has 0 atom stereocenters. The van der Waals surface area contributed by atoms with Gasteiger partial charge in [0.2, 0.25) is 0 Å². The summed E-state index contributed by atoms with van der Waals surface area (Å²) in [5, 5.41) is 1.90. The molecule has 1 aliphatic heterocycles. The standard InChI is InChI=1S/C18H15NO4S/c1-22-14-8-7-13(10-15(14)23-2)12-5-3-11(4-6-12)9-16-17(20)19-18(21)24-16/h3-10H,1-2H3,(H,19,20,21)/b16-9-. The summed E-state index contributed by atoms with van der Waals surface area (Å²) in [6.07, 6.45) is 1.70. The van der Waals surface area contributed by atoms with Gasteiger partial charge in [-0.25, -0.2) is 0 Å². The van der Waals surface area contributed by atoms with Crippen molar-refractivity contribution in [2.75, 3.05) is 14.2 Å². The van der Waals surface area contributed by atoms with E-state index >= 15 is 0 Å². The minimum absolute atomic E-state index is 0.340. The average molecular weight is 341 g/mol. The molecular formula is C18H15NO4S. The van der Waals surface area contributed by atoms with E-state index in [1.165, 1.54) is 0 Å². The molecular weight excluding hydrogens is 326 g/mol. The van der Waals surface area contributed by atoms with Crippen LogP contribution < -0.4 is 14.8 Å². The van der Waals surface area contributed by atoms with Gasteiger partial charge in [-0.1, -0.05) is 30.3 Å². The van der Waals surface area contributed by atoms with Crippen molar-refractivity contribution in [2.45, 2.75) is 0 Å². The summed E-state index contributed by atoms with van der Waals surface area (Å²) >= 11 is 0.909. The van der Waals surface area contributed by atoms with E-state index in [0.29, 0.717) is 16.4 Å². The largest absolute Gasteiger partial charge is 0.493 e. The van der Waals surface area contributed by atoms with Gasteiger partial charge in [0.05, 0.1) is 19.1 Å². The van der Waals surface area contributed by atoms with Crippen molar-refractivity contribution >= 4 is 29.0 Å². The number of methoxy groups -OCH3 is 2. The third-order valence-corrected chi connectivity index (χ3v) is 4.38. The van der Waals surface area contributed by atoms with E-state index in [1.807, 2.05) is 42.5 Å². The summed E-state index contributed by atoms with van der Waals surface area (Å²) in [4.78, 5) is 23.1. The maximum absolute atomic E-state index is 11.6. The van der Waals surface area contributed by atoms with Crippen molar-refractivity contribution in [3.8, 4) is 22.6 Å². The maximum Gasteiger partial charge on any atom is 0.290 e. The number of rotatable bonds is 4. The fourth-order valence-corrected chi connectivity index (χ4v) is 3.04. The molecule has 2 aromatic carbocycles. The van der Waals surface area contributed by atoms with Gasteiger partial charge in [-0.05, 0) is 46.7 Å². The molecule has 1 aliphatic rings. The van der Waals surface area contributed by atoms with Gasteiger partial charge in [0.15, 0.2) is 11.5 Å². The van der Waals surface area contributed by atoms with Gasteiger partial charge in [0, 0.05) is 0 Å². The normalized spacial score (nSPS) is 15.5. The van der Waals surface area contributed by atoms with Crippen molar-refractivity contribution in [2.24, 2.45) is 0 Å². The Balaban J connectivity index is 1.86. The molecule has 24 heavy (non-hydrogen) atoms. The lowest BCUT2D eigenvalue weighted by Crippen LogP contribution is -2.17. The van der Waals surface area contributed by atoms with E-state index in [1.54, 1.807) is 20.3 Å². The van der Waals surface area contributed by atoms with Crippen molar-refractivity contribution in [1.82, 2.24) is 5.32 Å². The maximum atomic E-state index is 11.6. The Morgan fingerprint density at radius 2 is 1.58 bits per heavy atom. The van der Waals surface area contributed by atoms with Gasteiger partial charge >= 0.3 is 0 Å². The quantitative estimate of drug-likeness (QED) is 0.859. The number of nitrogens with one attached hydrogen (secondary N) is 1. The van der Waals surface area contributed by atoms with Crippen LogP contribution in [0.5, 0.6) is 11.5 Å². The molecule has 1 heterocycles. The van der Waals surface area contributed by atoms with Gasteiger partial charge in [-0.15, -0.1) is 0 Å². The number of thioether (sulfide) groups is 1. The number of imide groups is 1. The van der Waals surface area contributed by atoms with Crippen LogP contribution in [0.1, 0.15) is 5.56 Å². The van der Waals surface area contributed by atoms with E-state index in [2.05, 4.69) is 5.32 Å². The highest BCUT2D eigenvalue weighted by atomic mass is 32.2. The third kappa shape index (κ3) is 3.28. The molecule has 1 fully saturated rings. The van der Waals surface area contributed by atoms with E-state index in [4.69, 9.17) is 9.47 Å². The first kappa shape index (κ1) is 16.1. The highest BCUT2D eigenvalue weighted by molar-refractivity contribution is 8.18. The first-order valence-corrected chi connectivity index (χ1v) is 7.99. The number of carbonyl (C=O) groups is 2. The molecule has 0 aliphatic carbocycles. The minimum atomic E-state index is -0.353. The second-order valence-electron chi connectivity index (χ2n) is 5.04. The van der Waals surface area contributed by atoms with Gasteiger partial charge < -0.3 is 9.47 Å². The van der Waals surface area contributed by atoms with Crippen LogP contribution in [0.15, 0.2) is 47.4 Å².